The lowest BCUT2D eigenvalue weighted by atomic mass is 10.1. The Kier molecular flexibility index (Phi) is 4.56. The van der Waals surface area contributed by atoms with Gasteiger partial charge in [0.2, 0.25) is 5.91 Å². The summed E-state index contributed by atoms with van der Waals surface area (Å²) in [5.41, 5.74) is 2.62. The zero-order valence-corrected chi connectivity index (χ0v) is 13.3. The quantitative estimate of drug-likeness (QED) is 0.807. The summed E-state index contributed by atoms with van der Waals surface area (Å²) in [4.78, 5) is 28.1. The maximum atomic E-state index is 12.5. The van der Waals surface area contributed by atoms with E-state index in [1.807, 2.05) is 24.3 Å². The van der Waals surface area contributed by atoms with Crippen LogP contribution in [-0.2, 0) is 4.79 Å². The van der Waals surface area contributed by atoms with Gasteiger partial charge in [-0.1, -0.05) is 18.2 Å². The Morgan fingerprint density at radius 2 is 1.92 bits per heavy atom. The molecule has 0 aliphatic carbocycles. The zero-order valence-electron chi connectivity index (χ0n) is 13.3. The van der Waals surface area contributed by atoms with Gasteiger partial charge in [-0.3, -0.25) is 14.6 Å². The van der Waals surface area contributed by atoms with E-state index >= 15 is 0 Å². The minimum Gasteiger partial charge on any atom is -0.368 e. The number of nitrogens with one attached hydrogen (secondary N) is 3. The standard InChI is InChI=1S/C18H18N4O2/c1-12(23)21-14-6-4-5-13(11-14)18(24)22-16-8-3-2-7-15(16)17-19-9-10-20-17/h2-8,11H,9-10H2,1H3,(H,19,20)(H,21,23)(H,22,24). The van der Waals surface area contributed by atoms with Crippen LogP contribution in [-0.4, -0.2) is 30.7 Å². The Hall–Kier alpha value is -3.15. The lowest BCUT2D eigenvalue weighted by Gasteiger charge is -2.12. The van der Waals surface area contributed by atoms with Crippen molar-refractivity contribution in [1.29, 1.82) is 0 Å². The summed E-state index contributed by atoms with van der Waals surface area (Å²) >= 11 is 0. The lowest BCUT2D eigenvalue weighted by Crippen LogP contribution is -2.22. The highest BCUT2D eigenvalue weighted by molar-refractivity contribution is 6.11. The van der Waals surface area contributed by atoms with Crippen LogP contribution in [0.1, 0.15) is 22.8 Å². The van der Waals surface area contributed by atoms with Crippen molar-refractivity contribution in [3.63, 3.8) is 0 Å². The maximum Gasteiger partial charge on any atom is 0.255 e. The molecule has 0 saturated heterocycles. The molecule has 6 heteroatoms. The third-order valence-electron chi connectivity index (χ3n) is 3.55. The Morgan fingerprint density at radius 3 is 2.67 bits per heavy atom. The van der Waals surface area contributed by atoms with Crippen molar-refractivity contribution in [3.8, 4) is 0 Å². The zero-order chi connectivity index (χ0) is 16.9. The van der Waals surface area contributed by atoms with Gasteiger partial charge in [0, 0.05) is 30.3 Å². The van der Waals surface area contributed by atoms with Crippen LogP contribution < -0.4 is 16.0 Å². The van der Waals surface area contributed by atoms with E-state index in [0.29, 0.717) is 16.9 Å². The van der Waals surface area contributed by atoms with E-state index in [4.69, 9.17) is 0 Å². The molecule has 1 heterocycles. The first kappa shape index (κ1) is 15.7. The van der Waals surface area contributed by atoms with Gasteiger partial charge in [-0.15, -0.1) is 0 Å². The molecule has 24 heavy (non-hydrogen) atoms. The van der Waals surface area contributed by atoms with Gasteiger partial charge in [0.15, 0.2) is 0 Å². The van der Waals surface area contributed by atoms with E-state index in [1.54, 1.807) is 24.3 Å². The molecule has 6 nitrogen and oxygen atoms in total. The van der Waals surface area contributed by atoms with Gasteiger partial charge in [0.25, 0.3) is 5.91 Å². The van der Waals surface area contributed by atoms with Gasteiger partial charge in [-0.05, 0) is 30.3 Å². The van der Waals surface area contributed by atoms with E-state index in [9.17, 15) is 9.59 Å². The van der Waals surface area contributed by atoms with Gasteiger partial charge in [-0.2, -0.15) is 0 Å². The first-order valence-corrected chi connectivity index (χ1v) is 7.70. The second-order valence-corrected chi connectivity index (χ2v) is 5.42. The summed E-state index contributed by atoms with van der Waals surface area (Å²) in [6, 6.07) is 14.3. The summed E-state index contributed by atoms with van der Waals surface area (Å²) in [6.07, 6.45) is 0. The van der Waals surface area contributed by atoms with Gasteiger partial charge >= 0.3 is 0 Å². The molecule has 3 N–H and O–H groups in total. The van der Waals surface area contributed by atoms with Crippen LogP contribution in [0.15, 0.2) is 53.5 Å². The first-order chi connectivity index (χ1) is 11.6. The average molecular weight is 322 g/mol. The van der Waals surface area contributed by atoms with Crippen molar-refractivity contribution in [2.45, 2.75) is 6.92 Å². The molecule has 0 radical (unpaired) electrons. The molecule has 0 spiro atoms. The molecule has 122 valence electrons. The summed E-state index contributed by atoms with van der Waals surface area (Å²) in [5.74, 6) is 0.370. The summed E-state index contributed by atoms with van der Waals surface area (Å²) < 4.78 is 0. The second-order valence-electron chi connectivity index (χ2n) is 5.42. The predicted octanol–water partition coefficient (Wildman–Crippen LogP) is 2.25. The lowest BCUT2D eigenvalue weighted by molar-refractivity contribution is -0.114. The molecule has 0 fully saturated rings. The number of carbonyl (C=O) groups is 2. The highest BCUT2D eigenvalue weighted by Gasteiger charge is 2.15. The molecule has 0 atom stereocenters. The SMILES string of the molecule is CC(=O)Nc1cccc(C(=O)Nc2ccccc2C2=NCCN2)c1. The minimum absolute atomic E-state index is 0.178. The molecule has 0 bridgehead atoms. The van der Waals surface area contributed by atoms with Crippen molar-refractivity contribution < 1.29 is 9.59 Å². The van der Waals surface area contributed by atoms with E-state index in [1.165, 1.54) is 6.92 Å². The van der Waals surface area contributed by atoms with Gasteiger partial charge < -0.3 is 16.0 Å². The minimum atomic E-state index is -0.242. The van der Waals surface area contributed by atoms with Crippen molar-refractivity contribution >= 4 is 29.0 Å². The van der Waals surface area contributed by atoms with Crippen LogP contribution in [0.4, 0.5) is 11.4 Å². The second kappa shape index (κ2) is 6.95. The van der Waals surface area contributed by atoms with E-state index in [2.05, 4.69) is 20.9 Å². The van der Waals surface area contributed by atoms with Crippen LogP contribution in [0.3, 0.4) is 0 Å². The van der Waals surface area contributed by atoms with Gasteiger partial charge in [-0.25, -0.2) is 0 Å². The Balaban J connectivity index is 1.82. The highest BCUT2D eigenvalue weighted by atomic mass is 16.2. The molecule has 0 saturated carbocycles. The average Bonchev–Trinajstić information content (AvgIpc) is 3.09. The summed E-state index contributed by atoms with van der Waals surface area (Å²) in [7, 11) is 0. The van der Waals surface area contributed by atoms with E-state index in [0.717, 1.165) is 24.5 Å². The van der Waals surface area contributed by atoms with Crippen molar-refractivity contribution in [2.75, 3.05) is 23.7 Å². The molecule has 1 aliphatic heterocycles. The third-order valence-corrected chi connectivity index (χ3v) is 3.55. The predicted molar refractivity (Wildman–Crippen MR) is 94.5 cm³/mol. The number of amidine groups is 1. The molecule has 2 aromatic rings. The first-order valence-electron chi connectivity index (χ1n) is 7.70. The van der Waals surface area contributed by atoms with Crippen LogP contribution in [0.25, 0.3) is 0 Å². The number of benzene rings is 2. The monoisotopic (exact) mass is 322 g/mol. The molecule has 1 aliphatic rings. The van der Waals surface area contributed by atoms with Crippen molar-refractivity contribution in [2.24, 2.45) is 4.99 Å². The largest absolute Gasteiger partial charge is 0.368 e. The summed E-state index contributed by atoms with van der Waals surface area (Å²) in [6.45, 7) is 2.96. The number of amides is 2. The molecule has 2 aromatic carbocycles. The molecule has 0 unspecified atom stereocenters. The topological polar surface area (TPSA) is 82.6 Å². The number of aliphatic imine (C=N–C) groups is 1. The Bertz CT molecular complexity index is 814. The van der Waals surface area contributed by atoms with Crippen LogP contribution >= 0.6 is 0 Å². The molecule has 0 aromatic heterocycles. The number of carbonyl (C=O) groups excluding carboxylic acids is 2. The number of hydrogen-bond donors (Lipinski definition) is 3. The molecular formula is C18H18N4O2. The molecule has 2 amide bonds. The summed E-state index contributed by atoms with van der Waals surface area (Å²) in [5, 5.41) is 8.79. The Labute approximate surface area is 140 Å². The fourth-order valence-electron chi connectivity index (χ4n) is 2.51. The van der Waals surface area contributed by atoms with Gasteiger partial charge in [0.05, 0.1) is 12.2 Å². The smallest absolute Gasteiger partial charge is 0.255 e. The normalized spacial score (nSPS) is 13.0. The maximum absolute atomic E-state index is 12.5. The van der Waals surface area contributed by atoms with Crippen molar-refractivity contribution in [1.82, 2.24) is 5.32 Å². The fourth-order valence-corrected chi connectivity index (χ4v) is 2.51. The van der Waals surface area contributed by atoms with Crippen LogP contribution in [0, 0.1) is 0 Å². The van der Waals surface area contributed by atoms with Crippen molar-refractivity contribution in [3.05, 3.63) is 59.7 Å². The number of anilines is 2. The Morgan fingerprint density at radius 1 is 1.08 bits per heavy atom. The van der Waals surface area contributed by atoms with Gasteiger partial charge in [0.1, 0.15) is 5.84 Å². The van der Waals surface area contributed by atoms with Crippen LogP contribution in [0.2, 0.25) is 0 Å². The number of para-hydroxylation sites is 1. The van der Waals surface area contributed by atoms with E-state index in [-0.39, 0.29) is 11.8 Å². The van der Waals surface area contributed by atoms with E-state index < -0.39 is 0 Å². The fraction of sp³-hybridized carbons (Fsp3) is 0.167. The third kappa shape index (κ3) is 3.60. The highest BCUT2D eigenvalue weighted by Crippen LogP contribution is 2.19. The van der Waals surface area contributed by atoms with Crippen LogP contribution in [0.5, 0.6) is 0 Å². The molecule has 3 rings (SSSR count). The number of rotatable bonds is 4. The number of hydrogen-bond acceptors (Lipinski definition) is 4. The number of nitrogens with zero attached hydrogens (tertiary/aromatic N) is 1. The molecular weight excluding hydrogens is 304 g/mol.